The predicted molar refractivity (Wildman–Crippen MR) is 74.2 cm³/mol. The Morgan fingerprint density at radius 1 is 1.33 bits per heavy atom. The third kappa shape index (κ3) is 2.74. The van der Waals surface area contributed by atoms with Gasteiger partial charge in [-0.1, -0.05) is 12.1 Å². The van der Waals surface area contributed by atoms with Crippen LogP contribution in [0.25, 0.3) is 0 Å². The van der Waals surface area contributed by atoms with Crippen molar-refractivity contribution >= 4 is 0 Å². The summed E-state index contributed by atoms with van der Waals surface area (Å²) < 4.78 is 0. The highest BCUT2D eigenvalue weighted by atomic mass is 15.2. The number of aromatic nitrogens is 1. The summed E-state index contributed by atoms with van der Waals surface area (Å²) >= 11 is 0. The lowest BCUT2D eigenvalue weighted by Gasteiger charge is -2.42. The number of fused-ring (bicyclic) bond motifs is 3. The summed E-state index contributed by atoms with van der Waals surface area (Å²) in [6.07, 6.45) is 14.1. The van der Waals surface area contributed by atoms with E-state index in [4.69, 9.17) is 0 Å². The Morgan fingerprint density at radius 3 is 2.89 bits per heavy atom. The number of unbranched alkanes of at least 4 members (excludes halogenated alkanes) is 1. The number of allylic oxidation sites excluding steroid dienone is 2. The molecule has 0 aromatic carbocycles. The van der Waals surface area contributed by atoms with Gasteiger partial charge in [-0.05, 0) is 56.1 Å². The molecule has 1 aromatic rings. The van der Waals surface area contributed by atoms with Gasteiger partial charge in [-0.15, -0.1) is 0 Å². The molecular formula is C16H22N2. The molecule has 1 aromatic heterocycles. The molecule has 2 bridgehead atoms. The highest BCUT2D eigenvalue weighted by Gasteiger charge is 2.27. The van der Waals surface area contributed by atoms with Crippen LogP contribution < -0.4 is 0 Å². The zero-order valence-corrected chi connectivity index (χ0v) is 11.0. The molecule has 4 rings (SSSR count). The summed E-state index contributed by atoms with van der Waals surface area (Å²) in [7, 11) is 0. The van der Waals surface area contributed by atoms with Crippen molar-refractivity contribution < 1.29 is 0 Å². The molecule has 96 valence electrons. The maximum atomic E-state index is 4.16. The average Bonchev–Trinajstić information content (AvgIpc) is 2.46. The number of hydrogen-bond donors (Lipinski definition) is 0. The molecule has 0 saturated carbocycles. The molecule has 0 atom stereocenters. The van der Waals surface area contributed by atoms with E-state index in [0.717, 1.165) is 12.3 Å². The molecule has 0 unspecified atom stereocenters. The van der Waals surface area contributed by atoms with Crippen molar-refractivity contribution in [2.75, 3.05) is 13.1 Å². The Labute approximate surface area is 110 Å². The fourth-order valence-corrected chi connectivity index (χ4v) is 3.18. The number of rotatable bonds is 4. The maximum Gasteiger partial charge on any atom is 0.0299 e. The van der Waals surface area contributed by atoms with Crippen LogP contribution in [-0.4, -0.2) is 23.0 Å². The van der Waals surface area contributed by atoms with Gasteiger partial charge in [0.1, 0.15) is 0 Å². The van der Waals surface area contributed by atoms with Crippen LogP contribution in [0.5, 0.6) is 0 Å². The Kier molecular flexibility index (Phi) is 3.63. The SMILES string of the molecule is C(CCCc1cccnc1)=C1CC2CCN1CC2. The normalized spacial score (nSPS) is 21.8. The molecule has 0 radical (unpaired) electrons. The highest BCUT2D eigenvalue weighted by Crippen LogP contribution is 2.34. The minimum Gasteiger partial charge on any atom is -0.375 e. The third-order valence-corrected chi connectivity index (χ3v) is 4.29. The van der Waals surface area contributed by atoms with Gasteiger partial charge in [0, 0.05) is 31.2 Å². The minimum atomic E-state index is 0.986. The van der Waals surface area contributed by atoms with Crippen molar-refractivity contribution in [3.8, 4) is 0 Å². The Hall–Kier alpha value is -1.31. The number of pyridine rings is 1. The summed E-state index contributed by atoms with van der Waals surface area (Å²) in [6.45, 7) is 2.61. The molecule has 0 N–H and O–H groups in total. The van der Waals surface area contributed by atoms with Gasteiger partial charge in [0.25, 0.3) is 0 Å². The van der Waals surface area contributed by atoms with Crippen molar-refractivity contribution in [3.63, 3.8) is 0 Å². The first-order valence-electron chi connectivity index (χ1n) is 7.25. The molecular weight excluding hydrogens is 220 g/mol. The first kappa shape index (κ1) is 11.8. The second-order valence-electron chi connectivity index (χ2n) is 5.58. The molecule has 0 spiro atoms. The van der Waals surface area contributed by atoms with E-state index in [1.165, 1.54) is 50.8 Å². The van der Waals surface area contributed by atoms with Crippen LogP contribution >= 0.6 is 0 Å². The van der Waals surface area contributed by atoms with E-state index in [-0.39, 0.29) is 0 Å². The van der Waals surface area contributed by atoms with Crippen LogP contribution in [0.2, 0.25) is 0 Å². The lowest BCUT2D eigenvalue weighted by Crippen LogP contribution is -2.39. The standard InChI is InChI=1S/C16H22N2/c1(4-15-5-3-9-17-13-15)2-6-16-12-14-7-10-18(16)11-8-14/h3,5-6,9,13-14H,1-2,4,7-8,10-12H2. The van der Waals surface area contributed by atoms with E-state index in [1.54, 1.807) is 5.70 Å². The monoisotopic (exact) mass is 242 g/mol. The van der Waals surface area contributed by atoms with E-state index in [1.807, 2.05) is 18.5 Å². The Balaban J connectivity index is 1.47. The van der Waals surface area contributed by atoms with Gasteiger partial charge >= 0.3 is 0 Å². The topological polar surface area (TPSA) is 16.1 Å². The van der Waals surface area contributed by atoms with Gasteiger partial charge in [-0.3, -0.25) is 4.98 Å². The zero-order chi connectivity index (χ0) is 12.2. The number of nitrogens with zero attached hydrogens (tertiary/aromatic N) is 2. The van der Waals surface area contributed by atoms with Crippen LogP contribution in [0.1, 0.15) is 37.7 Å². The third-order valence-electron chi connectivity index (χ3n) is 4.29. The van der Waals surface area contributed by atoms with Gasteiger partial charge in [-0.2, -0.15) is 0 Å². The number of hydrogen-bond acceptors (Lipinski definition) is 2. The second-order valence-corrected chi connectivity index (χ2v) is 5.58. The molecule has 2 heteroatoms. The highest BCUT2D eigenvalue weighted by molar-refractivity contribution is 5.11. The Morgan fingerprint density at radius 2 is 2.22 bits per heavy atom. The summed E-state index contributed by atoms with van der Waals surface area (Å²) in [4.78, 5) is 6.76. The zero-order valence-electron chi connectivity index (χ0n) is 11.0. The van der Waals surface area contributed by atoms with Gasteiger partial charge in [0.2, 0.25) is 0 Å². The van der Waals surface area contributed by atoms with E-state index in [9.17, 15) is 0 Å². The van der Waals surface area contributed by atoms with Crippen LogP contribution in [-0.2, 0) is 6.42 Å². The molecule has 3 saturated heterocycles. The first-order chi connectivity index (χ1) is 8.92. The summed E-state index contributed by atoms with van der Waals surface area (Å²) in [5, 5.41) is 0. The van der Waals surface area contributed by atoms with Gasteiger partial charge in [0.05, 0.1) is 0 Å². The first-order valence-corrected chi connectivity index (χ1v) is 7.25. The summed E-state index contributed by atoms with van der Waals surface area (Å²) in [5.74, 6) is 0.986. The second kappa shape index (κ2) is 5.55. The average molecular weight is 242 g/mol. The minimum absolute atomic E-state index is 0.986. The van der Waals surface area contributed by atoms with Crippen LogP contribution in [0.4, 0.5) is 0 Å². The van der Waals surface area contributed by atoms with Crippen molar-refractivity contribution in [3.05, 3.63) is 41.9 Å². The number of aryl methyl sites for hydroxylation is 1. The fraction of sp³-hybridized carbons (Fsp3) is 0.562. The molecule has 0 aliphatic carbocycles. The van der Waals surface area contributed by atoms with E-state index < -0.39 is 0 Å². The largest absolute Gasteiger partial charge is 0.375 e. The smallest absolute Gasteiger partial charge is 0.0299 e. The predicted octanol–water partition coefficient (Wildman–Crippen LogP) is 3.40. The van der Waals surface area contributed by atoms with Gasteiger partial charge in [-0.25, -0.2) is 0 Å². The lowest BCUT2D eigenvalue weighted by molar-refractivity contribution is 0.159. The van der Waals surface area contributed by atoms with E-state index in [2.05, 4.69) is 22.0 Å². The Bertz CT molecular complexity index is 402. The molecule has 2 nitrogen and oxygen atoms in total. The summed E-state index contributed by atoms with van der Waals surface area (Å²) in [6, 6.07) is 4.20. The maximum absolute atomic E-state index is 4.16. The quantitative estimate of drug-likeness (QED) is 0.752. The molecule has 3 aliphatic rings. The van der Waals surface area contributed by atoms with E-state index in [0.29, 0.717) is 0 Å². The lowest BCUT2D eigenvalue weighted by atomic mass is 9.86. The fourth-order valence-electron chi connectivity index (χ4n) is 3.18. The van der Waals surface area contributed by atoms with Crippen molar-refractivity contribution in [2.45, 2.75) is 38.5 Å². The number of piperidine rings is 3. The van der Waals surface area contributed by atoms with Crippen molar-refractivity contribution in [2.24, 2.45) is 5.92 Å². The molecule has 18 heavy (non-hydrogen) atoms. The molecule has 3 fully saturated rings. The molecule has 3 aliphatic heterocycles. The summed E-state index contributed by atoms with van der Waals surface area (Å²) in [5.41, 5.74) is 2.99. The van der Waals surface area contributed by atoms with Gasteiger partial charge in [0.15, 0.2) is 0 Å². The van der Waals surface area contributed by atoms with E-state index >= 15 is 0 Å². The van der Waals surface area contributed by atoms with Gasteiger partial charge < -0.3 is 4.90 Å². The van der Waals surface area contributed by atoms with Crippen molar-refractivity contribution in [1.82, 2.24) is 9.88 Å². The molecule has 4 heterocycles. The molecule has 0 amide bonds. The van der Waals surface area contributed by atoms with Crippen molar-refractivity contribution in [1.29, 1.82) is 0 Å². The van der Waals surface area contributed by atoms with Crippen LogP contribution in [0, 0.1) is 5.92 Å². The van der Waals surface area contributed by atoms with Crippen LogP contribution in [0.3, 0.4) is 0 Å². The van der Waals surface area contributed by atoms with Crippen LogP contribution in [0.15, 0.2) is 36.3 Å².